The first kappa shape index (κ1) is 25.7. The van der Waals surface area contributed by atoms with E-state index in [1.807, 2.05) is 9.35 Å². The van der Waals surface area contributed by atoms with Gasteiger partial charge in [-0.2, -0.15) is 0 Å². The van der Waals surface area contributed by atoms with Crippen molar-refractivity contribution in [3.8, 4) is 11.3 Å². The molecule has 162 valence electrons. The van der Waals surface area contributed by atoms with E-state index in [1.165, 1.54) is 27.8 Å². The summed E-state index contributed by atoms with van der Waals surface area (Å²) in [6.07, 6.45) is 4.21. The molecular formula is C25H34Cl2OSiZr. The average molecular weight is 541 g/mol. The van der Waals surface area contributed by atoms with Crippen molar-refractivity contribution in [2.45, 2.75) is 47.5 Å². The molecule has 30 heavy (non-hydrogen) atoms. The minimum Gasteiger partial charge on any atom is -0.147 e. The number of fused-ring (bicyclic) bond motifs is 1. The molecule has 4 rings (SSSR count). The summed E-state index contributed by atoms with van der Waals surface area (Å²) in [5.74, 6) is 1.56. The van der Waals surface area contributed by atoms with Gasteiger partial charge in [0.1, 0.15) is 0 Å². The van der Waals surface area contributed by atoms with Crippen molar-refractivity contribution in [1.82, 2.24) is 0 Å². The summed E-state index contributed by atoms with van der Waals surface area (Å²) < 4.78 is 13.5. The molecule has 5 heteroatoms. The SMILES string of the molecule is CC1=Cc2c(-c3ccco3)cccc2[CH]1[Zr]([CH3])([CH3])(=[SiH2])[C]1=C(C)C(C)=C(C)C1C.Cl.Cl. The van der Waals surface area contributed by atoms with Crippen LogP contribution in [0.25, 0.3) is 17.4 Å². The maximum Gasteiger partial charge on any atom is -0.147 e. The standard InChI is InChI=1S/C14H11O.C9H13.2CH3.2ClH.H2Si.Zr/c1-10-8-11-4-2-5-12(13(11)9-10)14-6-3-7-15-14;1-6-5-7(2)9(4)8(6)3;;;;;;/h2-9H,1H3;6H,1-4H3;2*1H3;2*1H;1H2;. The Labute approximate surface area is 196 Å². The molecule has 0 bridgehead atoms. The molecule has 0 spiro atoms. The van der Waals surface area contributed by atoms with Gasteiger partial charge in [-0.25, -0.2) is 0 Å². The van der Waals surface area contributed by atoms with Crippen LogP contribution in [0.4, 0.5) is 0 Å². The molecule has 0 radical (unpaired) electrons. The Morgan fingerprint density at radius 3 is 2.13 bits per heavy atom. The summed E-state index contributed by atoms with van der Waals surface area (Å²) in [4.78, 5) is 0. The van der Waals surface area contributed by atoms with E-state index in [-0.39, 0.29) is 24.8 Å². The first-order valence-electron chi connectivity index (χ1n) is 10.3. The van der Waals surface area contributed by atoms with Gasteiger partial charge in [-0.3, -0.25) is 0 Å². The smallest absolute Gasteiger partial charge is 0.147 e. The van der Waals surface area contributed by atoms with Gasteiger partial charge in [0.25, 0.3) is 0 Å². The fraction of sp³-hybridized carbons (Fsp3) is 0.360. The number of hydrogen-bond donors (Lipinski definition) is 0. The second-order valence-corrected chi connectivity index (χ2v) is 39.4. The summed E-state index contributed by atoms with van der Waals surface area (Å²) in [6, 6.07) is 10.9. The van der Waals surface area contributed by atoms with Gasteiger partial charge in [0.15, 0.2) is 0 Å². The summed E-state index contributed by atoms with van der Waals surface area (Å²) in [5, 5.41) is 0. The first-order valence-corrected chi connectivity index (χ1v) is 23.8. The monoisotopic (exact) mass is 538 g/mol. The molecule has 2 aliphatic rings. The molecule has 0 amide bonds. The van der Waals surface area contributed by atoms with Gasteiger partial charge in [-0.1, -0.05) is 0 Å². The Bertz CT molecular complexity index is 1150. The van der Waals surface area contributed by atoms with Crippen molar-refractivity contribution in [1.29, 1.82) is 0 Å². The van der Waals surface area contributed by atoms with Crippen LogP contribution in [0.15, 0.2) is 66.6 Å². The molecule has 1 aromatic heterocycles. The van der Waals surface area contributed by atoms with Gasteiger partial charge >= 0.3 is 173 Å². The molecule has 0 aliphatic heterocycles. The van der Waals surface area contributed by atoms with E-state index in [9.17, 15) is 0 Å². The van der Waals surface area contributed by atoms with Crippen molar-refractivity contribution < 1.29 is 21.8 Å². The van der Waals surface area contributed by atoms with Gasteiger partial charge in [-0.05, 0) is 0 Å². The Hall–Kier alpha value is -0.600. The van der Waals surface area contributed by atoms with E-state index in [4.69, 9.17) is 4.42 Å². The fourth-order valence-electron chi connectivity index (χ4n) is 6.27. The number of allylic oxidation sites excluding steroid dienone is 5. The van der Waals surface area contributed by atoms with E-state index in [0.29, 0.717) is 9.54 Å². The maximum atomic E-state index is 5.76. The topological polar surface area (TPSA) is 13.1 Å². The molecule has 1 nitrogen and oxygen atoms in total. The molecule has 2 aliphatic carbocycles. The Morgan fingerprint density at radius 2 is 1.60 bits per heavy atom. The zero-order chi connectivity index (χ0) is 20.5. The summed E-state index contributed by atoms with van der Waals surface area (Å²) in [6.45, 7) is 14.2. The molecule has 0 saturated heterocycles. The maximum absolute atomic E-state index is 5.76. The van der Waals surface area contributed by atoms with Crippen LogP contribution in [0.2, 0.25) is 9.26 Å². The van der Waals surface area contributed by atoms with Crippen LogP contribution in [0, 0.1) is 5.92 Å². The van der Waals surface area contributed by atoms with Gasteiger partial charge < -0.3 is 0 Å². The number of furan rings is 1. The van der Waals surface area contributed by atoms with Crippen LogP contribution in [-0.2, 0) is 17.4 Å². The molecule has 1 aromatic carbocycles. The minimum atomic E-state index is -3.30. The molecule has 2 atom stereocenters. The Morgan fingerprint density at radius 1 is 0.933 bits per heavy atom. The van der Waals surface area contributed by atoms with Crippen LogP contribution in [0.5, 0.6) is 0 Å². The molecular weight excluding hydrogens is 506 g/mol. The normalized spacial score (nSPS) is 21.3. The van der Waals surface area contributed by atoms with Crippen LogP contribution >= 0.6 is 24.8 Å². The third kappa shape index (κ3) is 3.64. The predicted octanol–water partition coefficient (Wildman–Crippen LogP) is 7.84. The van der Waals surface area contributed by atoms with Crippen molar-refractivity contribution in [3.05, 3.63) is 73.3 Å². The van der Waals surface area contributed by atoms with Crippen molar-refractivity contribution in [2.75, 3.05) is 0 Å². The number of rotatable bonds is 3. The second kappa shape index (κ2) is 8.39. The summed E-state index contributed by atoms with van der Waals surface area (Å²) in [7, 11) is 0. The van der Waals surface area contributed by atoms with Crippen LogP contribution in [0.1, 0.15) is 49.4 Å². The van der Waals surface area contributed by atoms with Crippen molar-refractivity contribution in [3.63, 3.8) is 0 Å². The number of hydrogen-bond acceptors (Lipinski definition) is 1. The largest absolute Gasteiger partial charge is 0.147 e. The quantitative estimate of drug-likeness (QED) is 0.362. The average Bonchev–Trinajstić information content (AvgIpc) is 3.29. The fourth-order valence-corrected chi connectivity index (χ4v) is 28.0. The minimum absolute atomic E-state index is 0. The molecule has 2 aromatic rings. The third-order valence-corrected chi connectivity index (χ3v) is 25.0. The van der Waals surface area contributed by atoms with Crippen molar-refractivity contribution in [2.24, 2.45) is 5.92 Å². The molecule has 0 saturated carbocycles. The van der Waals surface area contributed by atoms with Gasteiger partial charge in [0, 0.05) is 0 Å². The van der Waals surface area contributed by atoms with Gasteiger partial charge in [0.2, 0.25) is 0 Å². The van der Waals surface area contributed by atoms with E-state index in [0.717, 1.165) is 5.76 Å². The van der Waals surface area contributed by atoms with Crippen LogP contribution < -0.4 is 0 Å². The molecule has 0 N–H and O–H groups in total. The van der Waals surface area contributed by atoms with Crippen LogP contribution in [0.3, 0.4) is 0 Å². The van der Waals surface area contributed by atoms with E-state index >= 15 is 0 Å². The molecule has 0 fully saturated rings. The zero-order valence-corrected chi connectivity index (χ0v) is 24.6. The Balaban J connectivity index is 0.00000160. The molecule has 2 unspecified atom stereocenters. The van der Waals surface area contributed by atoms with Crippen molar-refractivity contribution >= 4 is 37.8 Å². The van der Waals surface area contributed by atoms with E-state index in [2.05, 4.69) is 81.1 Å². The van der Waals surface area contributed by atoms with Crippen LogP contribution in [-0.4, -0.2) is 6.88 Å². The predicted molar refractivity (Wildman–Crippen MR) is 136 cm³/mol. The number of halogens is 2. The second-order valence-electron chi connectivity index (χ2n) is 9.99. The summed E-state index contributed by atoms with van der Waals surface area (Å²) >= 11 is -3.30. The zero-order valence-electron chi connectivity index (χ0n) is 19.1. The van der Waals surface area contributed by atoms with E-state index < -0.39 is 17.4 Å². The summed E-state index contributed by atoms with van der Waals surface area (Å²) in [5.41, 5.74) is 10.4. The third-order valence-electron chi connectivity index (χ3n) is 7.52. The van der Waals surface area contributed by atoms with Gasteiger partial charge in [-0.15, -0.1) is 24.8 Å². The van der Waals surface area contributed by atoms with E-state index in [1.54, 1.807) is 17.4 Å². The number of benzene rings is 1. The first-order chi connectivity index (χ1) is 13.0. The molecule has 1 heterocycles. The Kier molecular flexibility index (Phi) is 7.18. The van der Waals surface area contributed by atoms with Gasteiger partial charge in [0.05, 0.1) is 0 Å².